The van der Waals surface area contributed by atoms with E-state index in [-0.39, 0.29) is 23.1 Å². The van der Waals surface area contributed by atoms with E-state index in [9.17, 15) is 24.8 Å². The Labute approximate surface area is 146 Å². The number of carboxylic acid groups (broad SMARTS) is 1. The molecule has 8 heteroatoms. The number of hydrogen-bond donors (Lipinski definition) is 1. The van der Waals surface area contributed by atoms with Crippen LogP contribution in [0.15, 0.2) is 53.3 Å². The maximum absolute atomic E-state index is 12.6. The lowest BCUT2D eigenvalue weighted by Gasteiger charge is -2.12. The number of fused-ring (bicyclic) bond motifs is 1. The van der Waals surface area contributed by atoms with Crippen molar-refractivity contribution in [3.63, 3.8) is 0 Å². The summed E-state index contributed by atoms with van der Waals surface area (Å²) in [7, 11) is 0. The number of carboxylic acids is 1. The van der Waals surface area contributed by atoms with Crippen molar-refractivity contribution < 1.29 is 14.8 Å². The third kappa shape index (κ3) is 2.89. The first-order valence-corrected chi connectivity index (χ1v) is 7.45. The Balaban J connectivity index is 2.28. The molecular weight excluding hydrogens is 338 g/mol. The van der Waals surface area contributed by atoms with Crippen molar-refractivity contribution in [3.05, 3.63) is 85.7 Å². The minimum Gasteiger partial charge on any atom is -0.477 e. The van der Waals surface area contributed by atoms with E-state index in [0.717, 1.165) is 6.07 Å². The number of hydrogen-bond acceptors (Lipinski definition) is 5. The minimum atomic E-state index is -1.45. The molecule has 8 nitrogen and oxygen atoms in total. The van der Waals surface area contributed by atoms with E-state index < -0.39 is 22.0 Å². The summed E-state index contributed by atoms with van der Waals surface area (Å²) in [6.07, 6.45) is 0. The van der Waals surface area contributed by atoms with E-state index in [1.807, 2.05) is 6.07 Å². The summed E-state index contributed by atoms with van der Waals surface area (Å²) in [5, 5.41) is 29.5. The number of nitro benzene ring substituents is 1. The standard InChI is InChI=1S/C18H11N3O5/c19-9-11-4-6-12(7-5-11)10-20-15-2-1-3-16(21(25)26)13(15)8-14(17(20)22)18(23)24/h1-8H,10H2,(H,23,24). The van der Waals surface area contributed by atoms with E-state index in [1.165, 1.54) is 22.8 Å². The van der Waals surface area contributed by atoms with Gasteiger partial charge in [-0.3, -0.25) is 14.9 Å². The highest BCUT2D eigenvalue weighted by atomic mass is 16.6. The zero-order valence-electron chi connectivity index (χ0n) is 13.2. The van der Waals surface area contributed by atoms with Gasteiger partial charge in [0, 0.05) is 6.07 Å². The number of aromatic carboxylic acids is 1. The van der Waals surface area contributed by atoms with Gasteiger partial charge in [-0.2, -0.15) is 5.26 Å². The van der Waals surface area contributed by atoms with Crippen LogP contribution in [0, 0.1) is 21.4 Å². The number of nitrogens with zero attached hydrogens (tertiary/aromatic N) is 3. The second-order valence-electron chi connectivity index (χ2n) is 5.53. The van der Waals surface area contributed by atoms with Gasteiger partial charge in [0.1, 0.15) is 5.56 Å². The number of pyridine rings is 1. The Bertz CT molecular complexity index is 1140. The molecule has 2 aromatic carbocycles. The molecule has 0 spiro atoms. The lowest BCUT2D eigenvalue weighted by atomic mass is 10.1. The summed E-state index contributed by atoms with van der Waals surface area (Å²) in [5.41, 5.74) is -0.213. The van der Waals surface area contributed by atoms with Gasteiger partial charge in [0.05, 0.1) is 34.0 Å². The van der Waals surface area contributed by atoms with E-state index in [2.05, 4.69) is 0 Å². The Morgan fingerprint density at radius 2 is 1.92 bits per heavy atom. The monoisotopic (exact) mass is 349 g/mol. The van der Waals surface area contributed by atoms with Crippen molar-refractivity contribution in [2.45, 2.75) is 6.54 Å². The summed E-state index contributed by atoms with van der Waals surface area (Å²) in [6, 6.07) is 13.7. The highest BCUT2D eigenvalue weighted by Gasteiger charge is 2.20. The Morgan fingerprint density at radius 1 is 1.23 bits per heavy atom. The lowest BCUT2D eigenvalue weighted by molar-refractivity contribution is -0.383. The molecule has 0 unspecified atom stereocenters. The molecule has 3 rings (SSSR count). The second kappa shape index (κ2) is 6.49. The topological polar surface area (TPSA) is 126 Å². The fraction of sp³-hybridized carbons (Fsp3) is 0.0556. The Morgan fingerprint density at radius 3 is 2.50 bits per heavy atom. The molecule has 1 heterocycles. The van der Waals surface area contributed by atoms with Crippen molar-refractivity contribution in [1.29, 1.82) is 5.26 Å². The van der Waals surface area contributed by atoms with Crippen LogP contribution in [0.4, 0.5) is 5.69 Å². The molecular formula is C18H11N3O5. The third-order valence-electron chi connectivity index (χ3n) is 3.97. The van der Waals surface area contributed by atoms with E-state index in [1.54, 1.807) is 24.3 Å². The molecule has 128 valence electrons. The fourth-order valence-electron chi connectivity index (χ4n) is 2.72. The summed E-state index contributed by atoms with van der Waals surface area (Å²) < 4.78 is 1.19. The number of aromatic nitrogens is 1. The van der Waals surface area contributed by atoms with Gasteiger partial charge in [-0.25, -0.2) is 4.79 Å². The molecule has 0 atom stereocenters. The number of rotatable bonds is 4. The van der Waals surface area contributed by atoms with E-state index >= 15 is 0 Å². The smallest absolute Gasteiger partial charge is 0.341 e. The number of nitro groups is 1. The van der Waals surface area contributed by atoms with Crippen LogP contribution in [-0.2, 0) is 6.54 Å². The molecule has 0 bridgehead atoms. The maximum Gasteiger partial charge on any atom is 0.341 e. The first kappa shape index (κ1) is 16.9. The van der Waals surface area contributed by atoms with Gasteiger partial charge < -0.3 is 9.67 Å². The van der Waals surface area contributed by atoms with Crippen molar-refractivity contribution >= 4 is 22.6 Å². The quantitative estimate of drug-likeness (QED) is 0.569. The largest absolute Gasteiger partial charge is 0.477 e. The highest BCUT2D eigenvalue weighted by molar-refractivity contribution is 5.96. The fourth-order valence-corrected chi connectivity index (χ4v) is 2.72. The van der Waals surface area contributed by atoms with Gasteiger partial charge in [-0.05, 0) is 29.8 Å². The average Bonchev–Trinajstić information content (AvgIpc) is 2.63. The summed E-state index contributed by atoms with van der Waals surface area (Å²) >= 11 is 0. The molecule has 0 radical (unpaired) electrons. The zero-order valence-corrected chi connectivity index (χ0v) is 13.2. The number of carbonyl (C=O) groups is 1. The molecule has 0 saturated heterocycles. The third-order valence-corrected chi connectivity index (χ3v) is 3.97. The first-order chi connectivity index (χ1) is 12.4. The zero-order chi connectivity index (χ0) is 18.8. The van der Waals surface area contributed by atoms with E-state index in [0.29, 0.717) is 11.1 Å². The van der Waals surface area contributed by atoms with Crippen molar-refractivity contribution in [2.75, 3.05) is 0 Å². The van der Waals surface area contributed by atoms with Gasteiger partial charge in [-0.15, -0.1) is 0 Å². The van der Waals surface area contributed by atoms with Gasteiger partial charge >= 0.3 is 5.97 Å². The molecule has 0 saturated carbocycles. The number of nitriles is 1. The van der Waals surface area contributed by atoms with Gasteiger partial charge in [0.2, 0.25) is 0 Å². The number of non-ortho nitro benzene ring substituents is 1. The Kier molecular flexibility index (Phi) is 4.21. The summed E-state index contributed by atoms with van der Waals surface area (Å²) in [4.78, 5) is 34.6. The van der Waals surface area contributed by atoms with Crippen molar-refractivity contribution in [1.82, 2.24) is 4.57 Å². The Hall–Kier alpha value is -3.99. The maximum atomic E-state index is 12.6. The summed E-state index contributed by atoms with van der Waals surface area (Å²) in [6.45, 7) is 0.0172. The van der Waals surface area contributed by atoms with Crippen molar-refractivity contribution in [3.8, 4) is 6.07 Å². The molecule has 0 aliphatic heterocycles. The molecule has 0 aliphatic rings. The van der Waals surface area contributed by atoms with Crippen LogP contribution in [0.3, 0.4) is 0 Å². The van der Waals surface area contributed by atoms with Gasteiger partial charge in [0.15, 0.2) is 0 Å². The second-order valence-corrected chi connectivity index (χ2v) is 5.53. The molecule has 3 aromatic rings. The number of benzene rings is 2. The lowest BCUT2D eigenvalue weighted by Crippen LogP contribution is -2.27. The van der Waals surface area contributed by atoms with Gasteiger partial charge in [0.25, 0.3) is 11.2 Å². The van der Waals surface area contributed by atoms with Crippen LogP contribution in [0.2, 0.25) is 0 Å². The van der Waals surface area contributed by atoms with Crippen LogP contribution in [0.25, 0.3) is 10.9 Å². The SMILES string of the molecule is N#Cc1ccc(Cn2c(=O)c(C(=O)O)cc3c([N+](=O)[O-])cccc32)cc1. The minimum absolute atomic E-state index is 0.0172. The summed E-state index contributed by atoms with van der Waals surface area (Å²) in [5.74, 6) is -1.45. The van der Waals surface area contributed by atoms with Crippen molar-refractivity contribution in [2.24, 2.45) is 0 Å². The molecule has 0 aliphatic carbocycles. The van der Waals surface area contributed by atoms with E-state index in [4.69, 9.17) is 5.26 Å². The van der Waals surface area contributed by atoms with Crippen LogP contribution in [0.5, 0.6) is 0 Å². The van der Waals surface area contributed by atoms with Crippen LogP contribution >= 0.6 is 0 Å². The average molecular weight is 349 g/mol. The molecule has 0 fully saturated rings. The normalized spacial score (nSPS) is 10.4. The molecule has 0 amide bonds. The molecule has 1 aromatic heterocycles. The highest BCUT2D eigenvalue weighted by Crippen LogP contribution is 2.25. The van der Waals surface area contributed by atoms with Crippen LogP contribution in [-0.4, -0.2) is 20.6 Å². The predicted molar refractivity (Wildman–Crippen MR) is 92.1 cm³/mol. The van der Waals surface area contributed by atoms with Crippen LogP contribution < -0.4 is 5.56 Å². The van der Waals surface area contributed by atoms with Gasteiger partial charge in [-0.1, -0.05) is 18.2 Å². The molecule has 26 heavy (non-hydrogen) atoms. The first-order valence-electron chi connectivity index (χ1n) is 7.45. The molecule has 1 N–H and O–H groups in total. The van der Waals surface area contributed by atoms with Crippen LogP contribution in [0.1, 0.15) is 21.5 Å². The predicted octanol–water partition coefficient (Wildman–Crippen LogP) is 2.53.